The molecule has 5 heteroatoms. The van der Waals surface area contributed by atoms with E-state index in [-0.39, 0.29) is 5.92 Å². The SMILES string of the molecule is CC(C)COC(=O)N1CCC[C@H]1C(=O)O.CCC. The zero-order chi connectivity index (χ0) is 14.1. The molecule has 0 aromatic rings. The number of carboxylic acids is 1. The Morgan fingerprint density at radius 1 is 1.39 bits per heavy atom. The van der Waals surface area contributed by atoms with Gasteiger partial charge < -0.3 is 9.84 Å². The molecule has 1 heterocycles. The van der Waals surface area contributed by atoms with Crippen molar-refractivity contribution in [3.05, 3.63) is 0 Å². The predicted molar refractivity (Wildman–Crippen MR) is 69.5 cm³/mol. The van der Waals surface area contributed by atoms with Crippen LogP contribution < -0.4 is 0 Å². The molecule has 0 radical (unpaired) electrons. The van der Waals surface area contributed by atoms with Crippen molar-refractivity contribution in [3.8, 4) is 0 Å². The second kappa shape index (κ2) is 8.78. The van der Waals surface area contributed by atoms with E-state index in [0.717, 1.165) is 6.42 Å². The van der Waals surface area contributed by atoms with E-state index in [1.807, 2.05) is 13.8 Å². The van der Waals surface area contributed by atoms with Crippen LogP contribution in [0, 0.1) is 5.92 Å². The van der Waals surface area contributed by atoms with E-state index >= 15 is 0 Å². The standard InChI is InChI=1S/C10H17NO4.C3H8/c1-7(2)6-15-10(14)11-5-3-4-8(11)9(12)13;1-3-2/h7-8H,3-6H2,1-2H3,(H,12,13);3H2,1-2H3/t8-;/m0./s1. The van der Waals surface area contributed by atoms with Crippen LogP contribution in [0.5, 0.6) is 0 Å². The number of amides is 1. The molecule has 1 N–H and O–H groups in total. The van der Waals surface area contributed by atoms with Crippen molar-refractivity contribution in [1.29, 1.82) is 0 Å². The van der Waals surface area contributed by atoms with Crippen molar-refractivity contribution in [1.82, 2.24) is 4.90 Å². The Kier molecular flexibility index (Phi) is 8.16. The lowest BCUT2D eigenvalue weighted by molar-refractivity contribution is -0.141. The van der Waals surface area contributed by atoms with E-state index in [1.165, 1.54) is 11.3 Å². The Bertz CT molecular complexity index is 266. The van der Waals surface area contributed by atoms with Gasteiger partial charge in [0.2, 0.25) is 0 Å². The molecule has 0 aromatic carbocycles. The Morgan fingerprint density at radius 3 is 2.39 bits per heavy atom. The Hall–Kier alpha value is -1.26. The maximum atomic E-state index is 11.5. The summed E-state index contributed by atoms with van der Waals surface area (Å²) < 4.78 is 4.99. The molecule has 1 saturated heterocycles. The first-order chi connectivity index (χ1) is 8.43. The van der Waals surface area contributed by atoms with E-state index < -0.39 is 18.1 Å². The van der Waals surface area contributed by atoms with Crippen molar-refractivity contribution in [3.63, 3.8) is 0 Å². The molecule has 1 aliphatic heterocycles. The summed E-state index contributed by atoms with van der Waals surface area (Å²) in [5, 5.41) is 8.86. The first-order valence-electron chi connectivity index (χ1n) is 6.60. The van der Waals surface area contributed by atoms with Gasteiger partial charge in [0.15, 0.2) is 0 Å². The van der Waals surface area contributed by atoms with Crippen molar-refractivity contribution in [2.45, 2.75) is 53.0 Å². The van der Waals surface area contributed by atoms with Crippen LogP contribution in [0.15, 0.2) is 0 Å². The monoisotopic (exact) mass is 259 g/mol. The number of hydrogen-bond donors (Lipinski definition) is 1. The number of nitrogens with zero attached hydrogens (tertiary/aromatic N) is 1. The normalized spacial score (nSPS) is 18.3. The molecule has 0 bridgehead atoms. The summed E-state index contributed by atoms with van der Waals surface area (Å²) in [6.45, 7) is 8.94. The first-order valence-corrected chi connectivity index (χ1v) is 6.60. The van der Waals surface area contributed by atoms with E-state index in [2.05, 4.69) is 13.8 Å². The molecule has 1 fully saturated rings. The van der Waals surface area contributed by atoms with E-state index in [0.29, 0.717) is 19.6 Å². The number of ether oxygens (including phenoxy) is 1. The van der Waals surface area contributed by atoms with Gasteiger partial charge >= 0.3 is 12.1 Å². The molecule has 5 nitrogen and oxygen atoms in total. The lowest BCUT2D eigenvalue weighted by atomic mass is 10.2. The fraction of sp³-hybridized carbons (Fsp3) is 0.846. The van der Waals surface area contributed by atoms with Gasteiger partial charge in [-0.05, 0) is 18.8 Å². The van der Waals surface area contributed by atoms with Crippen molar-refractivity contribution in [2.75, 3.05) is 13.2 Å². The number of hydrogen-bond acceptors (Lipinski definition) is 3. The summed E-state index contributed by atoms with van der Waals surface area (Å²) >= 11 is 0. The van der Waals surface area contributed by atoms with Crippen LogP contribution >= 0.6 is 0 Å². The van der Waals surface area contributed by atoms with Crippen LogP contribution in [-0.2, 0) is 9.53 Å². The Balaban J connectivity index is 0.000000873. The average molecular weight is 259 g/mol. The van der Waals surface area contributed by atoms with Gasteiger partial charge in [0.25, 0.3) is 0 Å². The van der Waals surface area contributed by atoms with E-state index in [1.54, 1.807) is 0 Å². The fourth-order valence-electron chi connectivity index (χ4n) is 1.56. The summed E-state index contributed by atoms with van der Waals surface area (Å²) in [6, 6.07) is -0.704. The fourth-order valence-corrected chi connectivity index (χ4v) is 1.56. The molecule has 1 aliphatic rings. The molecular weight excluding hydrogens is 234 g/mol. The molecule has 0 unspecified atom stereocenters. The van der Waals surface area contributed by atoms with Gasteiger partial charge in [0.05, 0.1) is 6.61 Å². The summed E-state index contributed by atoms with van der Waals surface area (Å²) in [5.74, 6) is -0.686. The molecule has 0 aliphatic carbocycles. The number of rotatable bonds is 3. The smallest absolute Gasteiger partial charge is 0.410 e. The summed E-state index contributed by atoms with van der Waals surface area (Å²) in [6.07, 6.45) is 1.99. The third-order valence-corrected chi connectivity index (χ3v) is 2.31. The Labute approximate surface area is 109 Å². The molecule has 0 aromatic heterocycles. The maximum absolute atomic E-state index is 11.5. The number of likely N-dealkylation sites (tertiary alicyclic amines) is 1. The molecule has 1 rings (SSSR count). The number of carbonyl (C=O) groups is 2. The summed E-state index contributed by atoms with van der Waals surface area (Å²) in [7, 11) is 0. The summed E-state index contributed by atoms with van der Waals surface area (Å²) in [4.78, 5) is 23.6. The average Bonchev–Trinajstić information content (AvgIpc) is 2.75. The zero-order valence-corrected chi connectivity index (χ0v) is 11.8. The van der Waals surface area contributed by atoms with Gasteiger partial charge in [-0.2, -0.15) is 0 Å². The maximum Gasteiger partial charge on any atom is 0.410 e. The second-order valence-electron chi connectivity index (χ2n) is 4.87. The van der Waals surface area contributed by atoms with Gasteiger partial charge in [-0.3, -0.25) is 4.90 Å². The minimum Gasteiger partial charge on any atom is -0.480 e. The van der Waals surface area contributed by atoms with Crippen molar-refractivity contribution >= 4 is 12.1 Å². The minimum absolute atomic E-state index is 0.264. The quantitative estimate of drug-likeness (QED) is 0.846. The van der Waals surface area contributed by atoms with Crippen molar-refractivity contribution < 1.29 is 19.4 Å². The molecule has 0 saturated carbocycles. The van der Waals surface area contributed by atoms with Gasteiger partial charge in [0.1, 0.15) is 6.04 Å². The highest BCUT2D eigenvalue weighted by atomic mass is 16.6. The lowest BCUT2D eigenvalue weighted by Gasteiger charge is -2.21. The van der Waals surface area contributed by atoms with Crippen LogP contribution in [0.3, 0.4) is 0 Å². The molecule has 18 heavy (non-hydrogen) atoms. The van der Waals surface area contributed by atoms with Crippen LogP contribution in [0.4, 0.5) is 4.79 Å². The van der Waals surface area contributed by atoms with E-state index in [9.17, 15) is 9.59 Å². The molecule has 0 spiro atoms. The topological polar surface area (TPSA) is 66.8 Å². The first kappa shape index (κ1) is 16.7. The Morgan fingerprint density at radius 2 is 1.94 bits per heavy atom. The summed E-state index contributed by atoms with van der Waals surface area (Å²) in [5.41, 5.74) is 0. The third-order valence-electron chi connectivity index (χ3n) is 2.31. The van der Waals surface area contributed by atoms with E-state index in [4.69, 9.17) is 9.84 Å². The molecule has 1 amide bonds. The van der Waals surface area contributed by atoms with Crippen LogP contribution in [0.2, 0.25) is 0 Å². The van der Waals surface area contributed by atoms with Gasteiger partial charge in [-0.1, -0.05) is 34.1 Å². The zero-order valence-electron chi connectivity index (χ0n) is 11.8. The number of carbonyl (C=O) groups excluding carboxylic acids is 1. The number of aliphatic carboxylic acids is 1. The van der Waals surface area contributed by atoms with Gasteiger partial charge in [-0.15, -0.1) is 0 Å². The molecule has 1 atom stereocenters. The highest BCUT2D eigenvalue weighted by Gasteiger charge is 2.34. The number of carboxylic acid groups (broad SMARTS) is 1. The minimum atomic E-state index is -0.950. The van der Waals surface area contributed by atoms with Crippen molar-refractivity contribution in [2.24, 2.45) is 5.92 Å². The van der Waals surface area contributed by atoms with Crippen LogP contribution in [0.1, 0.15) is 47.0 Å². The molecular formula is C13H25NO4. The van der Waals surface area contributed by atoms with Crippen LogP contribution in [-0.4, -0.2) is 41.3 Å². The lowest BCUT2D eigenvalue weighted by Crippen LogP contribution is -2.41. The third kappa shape index (κ3) is 5.89. The molecule has 106 valence electrons. The predicted octanol–water partition coefficient (Wildman–Crippen LogP) is 2.74. The largest absolute Gasteiger partial charge is 0.480 e. The van der Waals surface area contributed by atoms with Crippen LogP contribution in [0.25, 0.3) is 0 Å². The van der Waals surface area contributed by atoms with Gasteiger partial charge in [0, 0.05) is 6.54 Å². The van der Waals surface area contributed by atoms with Gasteiger partial charge in [-0.25, -0.2) is 9.59 Å². The highest BCUT2D eigenvalue weighted by molar-refractivity contribution is 5.80. The highest BCUT2D eigenvalue weighted by Crippen LogP contribution is 2.18. The second-order valence-corrected chi connectivity index (χ2v) is 4.87.